The standard InChI is InChI=1S/C29H17N3O4/c33-26-18-7-3-4-8-22(18)30-24-13-21-25(12-20(24)26)31-23-10-9-15(11-19(23)27(21)34)14-32-28(35)16-5-1-2-6-17(16)29(32)36/h1-13H,14H2,(H,30,33)(H,31,34). The number of fused-ring (bicyclic) bond motifs is 5. The Balaban J connectivity index is 1.37. The molecule has 0 aliphatic carbocycles. The van der Waals surface area contributed by atoms with E-state index in [9.17, 15) is 19.2 Å². The van der Waals surface area contributed by atoms with Crippen LogP contribution in [0.3, 0.4) is 0 Å². The molecule has 2 amide bonds. The largest absolute Gasteiger partial charge is 0.354 e. The zero-order valence-electron chi connectivity index (χ0n) is 18.8. The molecule has 4 aromatic carbocycles. The summed E-state index contributed by atoms with van der Waals surface area (Å²) >= 11 is 0. The van der Waals surface area contributed by atoms with E-state index in [1.165, 1.54) is 4.90 Å². The summed E-state index contributed by atoms with van der Waals surface area (Å²) in [7, 11) is 0. The maximum atomic E-state index is 13.5. The normalized spacial score (nSPS) is 13.4. The Morgan fingerprint density at radius 1 is 0.528 bits per heavy atom. The highest BCUT2D eigenvalue weighted by Crippen LogP contribution is 2.26. The first-order valence-electron chi connectivity index (χ1n) is 11.5. The first kappa shape index (κ1) is 20.3. The highest BCUT2D eigenvalue weighted by atomic mass is 16.2. The van der Waals surface area contributed by atoms with Crippen LogP contribution in [-0.2, 0) is 6.54 Å². The van der Waals surface area contributed by atoms with Gasteiger partial charge in [0.05, 0.1) is 28.7 Å². The third kappa shape index (κ3) is 2.80. The second kappa shape index (κ2) is 7.23. The van der Waals surface area contributed by atoms with Crippen molar-refractivity contribution in [3.8, 4) is 0 Å². The van der Waals surface area contributed by atoms with Gasteiger partial charge in [-0.3, -0.25) is 24.1 Å². The zero-order chi connectivity index (χ0) is 24.6. The van der Waals surface area contributed by atoms with Crippen LogP contribution in [0.5, 0.6) is 0 Å². The van der Waals surface area contributed by atoms with E-state index < -0.39 is 0 Å². The van der Waals surface area contributed by atoms with Gasteiger partial charge < -0.3 is 9.97 Å². The molecule has 0 spiro atoms. The van der Waals surface area contributed by atoms with E-state index >= 15 is 0 Å². The van der Waals surface area contributed by atoms with E-state index in [1.54, 1.807) is 60.7 Å². The fourth-order valence-electron chi connectivity index (χ4n) is 5.10. The lowest BCUT2D eigenvalue weighted by atomic mass is 10.0. The second-order valence-corrected chi connectivity index (χ2v) is 9.02. The first-order chi connectivity index (χ1) is 17.5. The van der Waals surface area contributed by atoms with Crippen LogP contribution < -0.4 is 10.9 Å². The van der Waals surface area contributed by atoms with Crippen molar-refractivity contribution in [2.24, 2.45) is 0 Å². The highest BCUT2D eigenvalue weighted by molar-refractivity contribution is 6.21. The zero-order valence-corrected chi connectivity index (χ0v) is 18.8. The van der Waals surface area contributed by atoms with Crippen molar-refractivity contribution in [3.63, 3.8) is 0 Å². The van der Waals surface area contributed by atoms with Gasteiger partial charge in [-0.1, -0.05) is 30.3 Å². The van der Waals surface area contributed by atoms with Crippen LogP contribution >= 0.6 is 0 Å². The topological polar surface area (TPSA) is 103 Å². The van der Waals surface area contributed by atoms with Gasteiger partial charge in [0.25, 0.3) is 11.8 Å². The molecule has 2 N–H and O–H groups in total. The number of pyridine rings is 2. The lowest BCUT2D eigenvalue weighted by molar-refractivity contribution is 0.0642. The molecule has 0 saturated carbocycles. The van der Waals surface area contributed by atoms with Gasteiger partial charge in [-0.25, -0.2) is 0 Å². The summed E-state index contributed by atoms with van der Waals surface area (Å²) in [5, 5.41) is 1.97. The Morgan fingerprint density at radius 3 is 1.72 bits per heavy atom. The van der Waals surface area contributed by atoms with E-state index in [0.717, 1.165) is 0 Å². The molecule has 7 rings (SSSR count). The Kier molecular flexibility index (Phi) is 4.08. The molecule has 0 unspecified atom stereocenters. The van der Waals surface area contributed by atoms with E-state index in [0.29, 0.717) is 60.3 Å². The molecule has 0 saturated heterocycles. The van der Waals surface area contributed by atoms with Crippen LogP contribution in [0, 0.1) is 0 Å². The molecule has 0 atom stereocenters. The number of nitrogens with zero attached hydrogens (tertiary/aromatic N) is 1. The van der Waals surface area contributed by atoms with Crippen LogP contribution in [-0.4, -0.2) is 26.7 Å². The maximum absolute atomic E-state index is 13.5. The average Bonchev–Trinajstić information content (AvgIpc) is 3.14. The minimum absolute atomic E-state index is 0.0663. The number of hydrogen-bond donors (Lipinski definition) is 2. The number of amides is 2. The Morgan fingerprint density at radius 2 is 1.06 bits per heavy atom. The number of aromatic amines is 2. The summed E-state index contributed by atoms with van der Waals surface area (Å²) in [4.78, 5) is 59.8. The Labute approximate surface area is 202 Å². The fraction of sp³-hybridized carbons (Fsp3) is 0.0345. The van der Waals surface area contributed by atoms with Crippen LogP contribution in [0.15, 0.2) is 88.5 Å². The van der Waals surface area contributed by atoms with Gasteiger partial charge in [0.15, 0.2) is 10.9 Å². The van der Waals surface area contributed by atoms with Crippen molar-refractivity contribution >= 4 is 55.4 Å². The third-order valence-corrected chi connectivity index (χ3v) is 6.90. The summed E-state index contributed by atoms with van der Waals surface area (Å²) in [6, 6.07) is 22.7. The predicted octanol–water partition coefficient (Wildman–Crippen LogP) is 4.47. The van der Waals surface area contributed by atoms with Crippen LogP contribution in [0.1, 0.15) is 26.3 Å². The fourth-order valence-corrected chi connectivity index (χ4v) is 5.10. The lowest BCUT2D eigenvalue weighted by Crippen LogP contribution is -2.29. The Bertz CT molecular complexity index is 2040. The van der Waals surface area contributed by atoms with E-state index in [1.807, 2.05) is 18.2 Å². The maximum Gasteiger partial charge on any atom is 0.261 e. The molecule has 0 radical (unpaired) electrons. The molecular weight excluding hydrogens is 454 g/mol. The van der Waals surface area contributed by atoms with Crippen molar-refractivity contribution in [2.75, 3.05) is 0 Å². The van der Waals surface area contributed by atoms with Gasteiger partial charge in [0.2, 0.25) is 0 Å². The molecule has 0 bridgehead atoms. The molecule has 7 heteroatoms. The molecule has 2 aromatic heterocycles. The van der Waals surface area contributed by atoms with Gasteiger partial charge in [-0.05, 0) is 54.1 Å². The molecular formula is C29H17N3O4. The van der Waals surface area contributed by atoms with Gasteiger partial charge in [0.1, 0.15) is 0 Å². The molecule has 6 aromatic rings. The van der Waals surface area contributed by atoms with Crippen LogP contribution in [0.2, 0.25) is 0 Å². The van der Waals surface area contributed by atoms with E-state index in [-0.39, 0.29) is 29.2 Å². The smallest absolute Gasteiger partial charge is 0.261 e. The van der Waals surface area contributed by atoms with Crippen molar-refractivity contribution in [2.45, 2.75) is 6.54 Å². The van der Waals surface area contributed by atoms with Crippen LogP contribution in [0.4, 0.5) is 0 Å². The number of hydrogen-bond acceptors (Lipinski definition) is 4. The van der Waals surface area contributed by atoms with Gasteiger partial charge in [-0.2, -0.15) is 0 Å². The van der Waals surface area contributed by atoms with Crippen molar-refractivity contribution in [1.82, 2.24) is 14.9 Å². The van der Waals surface area contributed by atoms with Gasteiger partial charge >= 0.3 is 0 Å². The number of imide groups is 1. The van der Waals surface area contributed by atoms with Crippen molar-refractivity contribution in [1.29, 1.82) is 0 Å². The first-order valence-corrected chi connectivity index (χ1v) is 11.5. The number of carbonyl (C=O) groups is 2. The van der Waals surface area contributed by atoms with Crippen molar-refractivity contribution < 1.29 is 9.59 Å². The molecule has 1 aliphatic heterocycles. The number of benzene rings is 4. The summed E-state index contributed by atoms with van der Waals surface area (Å²) in [5.41, 5.74) is 3.61. The number of rotatable bonds is 2. The third-order valence-electron chi connectivity index (χ3n) is 6.90. The van der Waals surface area contributed by atoms with Crippen LogP contribution in [0.25, 0.3) is 43.6 Å². The molecule has 7 nitrogen and oxygen atoms in total. The molecule has 0 fully saturated rings. The van der Waals surface area contributed by atoms with Gasteiger partial charge in [0, 0.05) is 32.6 Å². The highest BCUT2D eigenvalue weighted by Gasteiger charge is 2.35. The monoisotopic (exact) mass is 471 g/mol. The van der Waals surface area contributed by atoms with E-state index in [4.69, 9.17) is 0 Å². The summed E-state index contributed by atoms with van der Waals surface area (Å²) in [5.74, 6) is -0.684. The summed E-state index contributed by atoms with van der Waals surface area (Å²) in [6.07, 6.45) is 0. The van der Waals surface area contributed by atoms with Crippen molar-refractivity contribution in [3.05, 3.63) is 116 Å². The molecule has 172 valence electrons. The SMILES string of the molecule is O=C1c2ccccc2C(=O)N1Cc1ccc2[nH]c3cc4c(=O)c5ccccc5[nH]c4cc3c(=O)c2c1. The second-order valence-electron chi connectivity index (χ2n) is 9.02. The number of aromatic nitrogens is 2. The summed E-state index contributed by atoms with van der Waals surface area (Å²) < 4.78 is 0. The Hall–Kier alpha value is -5.04. The molecule has 3 heterocycles. The number of H-pyrrole nitrogens is 2. The predicted molar refractivity (Wildman–Crippen MR) is 138 cm³/mol. The quantitative estimate of drug-likeness (QED) is 0.287. The van der Waals surface area contributed by atoms with Gasteiger partial charge in [-0.15, -0.1) is 0 Å². The number of carbonyl (C=O) groups excluding carboxylic acids is 2. The average molecular weight is 471 g/mol. The number of nitrogens with one attached hydrogen (secondary N) is 2. The number of para-hydroxylation sites is 1. The molecule has 1 aliphatic rings. The lowest BCUT2D eigenvalue weighted by Gasteiger charge is -2.14. The minimum Gasteiger partial charge on any atom is -0.354 e. The van der Waals surface area contributed by atoms with E-state index in [2.05, 4.69) is 9.97 Å². The molecule has 36 heavy (non-hydrogen) atoms. The minimum atomic E-state index is -0.342. The summed E-state index contributed by atoms with van der Waals surface area (Å²) in [6.45, 7) is 0.0663.